The quantitative estimate of drug-likeness (QED) is 0.746. The van der Waals surface area contributed by atoms with Gasteiger partial charge in [-0.25, -0.2) is 0 Å². The highest BCUT2D eigenvalue weighted by Crippen LogP contribution is 2.34. The fraction of sp³-hybridized carbons (Fsp3) is 0.348. The second-order valence-electron chi connectivity index (χ2n) is 7.41. The molecule has 0 unspecified atom stereocenters. The number of piperidine rings is 1. The Morgan fingerprint density at radius 2 is 1.96 bits per heavy atom. The lowest BCUT2D eigenvalue weighted by molar-refractivity contribution is -0.131. The van der Waals surface area contributed by atoms with Crippen molar-refractivity contribution in [3.05, 3.63) is 65.4 Å². The van der Waals surface area contributed by atoms with Crippen LogP contribution in [0.4, 0.5) is 0 Å². The third-order valence-corrected chi connectivity index (χ3v) is 5.81. The van der Waals surface area contributed by atoms with Crippen molar-refractivity contribution in [2.45, 2.75) is 32.1 Å². The van der Waals surface area contributed by atoms with Crippen LogP contribution in [-0.4, -0.2) is 36.0 Å². The summed E-state index contributed by atoms with van der Waals surface area (Å²) in [5, 5.41) is 1.24. The van der Waals surface area contributed by atoms with Gasteiger partial charge in [0, 0.05) is 30.2 Å². The highest BCUT2D eigenvalue weighted by atomic mass is 16.5. The van der Waals surface area contributed by atoms with E-state index in [4.69, 9.17) is 4.74 Å². The van der Waals surface area contributed by atoms with Gasteiger partial charge in [-0.15, -0.1) is 0 Å². The van der Waals surface area contributed by atoms with Crippen LogP contribution in [0.15, 0.2) is 48.7 Å². The Balaban J connectivity index is 1.43. The van der Waals surface area contributed by atoms with E-state index in [1.165, 1.54) is 16.5 Å². The first kappa shape index (κ1) is 17.7. The summed E-state index contributed by atoms with van der Waals surface area (Å²) in [6, 6.07) is 14.3. The van der Waals surface area contributed by atoms with Crippen LogP contribution in [0.5, 0.6) is 5.75 Å². The summed E-state index contributed by atoms with van der Waals surface area (Å²) in [5.74, 6) is 1.60. The maximum absolute atomic E-state index is 12.7. The van der Waals surface area contributed by atoms with E-state index in [2.05, 4.69) is 42.4 Å². The Morgan fingerprint density at radius 3 is 2.70 bits per heavy atom. The van der Waals surface area contributed by atoms with Crippen molar-refractivity contribution in [3.63, 3.8) is 0 Å². The number of nitrogens with one attached hydrogen (secondary N) is 1. The number of carbonyl (C=O) groups excluding carboxylic acids is 1. The lowest BCUT2D eigenvalue weighted by Gasteiger charge is -2.32. The van der Waals surface area contributed by atoms with Gasteiger partial charge in [0.1, 0.15) is 5.75 Å². The number of aryl methyl sites for hydroxylation is 1. The zero-order valence-corrected chi connectivity index (χ0v) is 16.0. The largest absolute Gasteiger partial charge is 0.497 e. The minimum Gasteiger partial charge on any atom is -0.497 e. The number of aromatic nitrogens is 1. The van der Waals surface area contributed by atoms with Gasteiger partial charge in [-0.1, -0.05) is 24.3 Å². The molecule has 1 aromatic heterocycles. The van der Waals surface area contributed by atoms with Crippen LogP contribution in [0.25, 0.3) is 10.9 Å². The Hall–Kier alpha value is -2.75. The SMILES string of the molecule is COc1ccc2[nH]cc(C3CCN(C(=O)Cc4ccccc4C)CC3)c2c1. The minimum absolute atomic E-state index is 0.239. The van der Waals surface area contributed by atoms with Gasteiger partial charge in [0.05, 0.1) is 13.5 Å². The number of methoxy groups -OCH3 is 1. The Labute approximate surface area is 160 Å². The van der Waals surface area contributed by atoms with Crippen LogP contribution >= 0.6 is 0 Å². The number of hydrogen-bond donors (Lipinski definition) is 1. The first-order chi connectivity index (χ1) is 13.2. The normalized spacial score (nSPS) is 15.3. The average Bonchev–Trinajstić information content (AvgIpc) is 3.13. The van der Waals surface area contributed by atoms with Crippen molar-refractivity contribution < 1.29 is 9.53 Å². The number of H-pyrrole nitrogens is 1. The predicted octanol–water partition coefficient (Wildman–Crippen LogP) is 4.43. The number of benzene rings is 2. The lowest BCUT2D eigenvalue weighted by Crippen LogP contribution is -2.38. The van der Waals surface area contributed by atoms with Crippen LogP contribution in [0, 0.1) is 6.92 Å². The van der Waals surface area contributed by atoms with E-state index in [0.29, 0.717) is 12.3 Å². The van der Waals surface area contributed by atoms with E-state index in [9.17, 15) is 4.79 Å². The van der Waals surface area contributed by atoms with Crippen molar-refractivity contribution in [2.24, 2.45) is 0 Å². The van der Waals surface area contributed by atoms with Crippen LogP contribution in [-0.2, 0) is 11.2 Å². The number of aromatic amines is 1. The Morgan fingerprint density at radius 1 is 1.19 bits per heavy atom. The van der Waals surface area contributed by atoms with Crippen LogP contribution in [0.1, 0.15) is 35.4 Å². The van der Waals surface area contributed by atoms with Crippen molar-refractivity contribution >= 4 is 16.8 Å². The maximum Gasteiger partial charge on any atom is 0.226 e. The molecule has 0 aliphatic carbocycles. The predicted molar refractivity (Wildman–Crippen MR) is 108 cm³/mol. The lowest BCUT2D eigenvalue weighted by atomic mass is 9.89. The van der Waals surface area contributed by atoms with Crippen molar-refractivity contribution in [1.82, 2.24) is 9.88 Å². The summed E-state index contributed by atoms with van der Waals surface area (Å²) >= 11 is 0. The molecular formula is C23H26N2O2. The van der Waals surface area contributed by atoms with Gasteiger partial charge in [-0.05, 0) is 60.6 Å². The molecule has 1 saturated heterocycles. The summed E-state index contributed by atoms with van der Waals surface area (Å²) < 4.78 is 5.38. The molecule has 0 bridgehead atoms. The summed E-state index contributed by atoms with van der Waals surface area (Å²) in [6.07, 6.45) is 4.63. The minimum atomic E-state index is 0.239. The first-order valence-electron chi connectivity index (χ1n) is 9.63. The average molecular weight is 362 g/mol. The maximum atomic E-state index is 12.7. The molecule has 4 rings (SSSR count). The number of nitrogens with zero attached hydrogens (tertiary/aromatic N) is 1. The molecule has 1 aliphatic heterocycles. The van der Waals surface area contributed by atoms with Gasteiger partial charge in [0.15, 0.2) is 0 Å². The molecule has 1 aliphatic rings. The van der Waals surface area contributed by atoms with Crippen molar-refractivity contribution in [3.8, 4) is 5.75 Å². The molecule has 0 saturated carbocycles. The summed E-state index contributed by atoms with van der Waals surface area (Å²) in [6.45, 7) is 3.72. The number of fused-ring (bicyclic) bond motifs is 1. The monoisotopic (exact) mass is 362 g/mol. The van der Waals surface area contributed by atoms with Crippen LogP contribution in [0.3, 0.4) is 0 Å². The molecule has 4 nitrogen and oxygen atoms in total. The zero-order valence-electron chi connectivity index (χ0n) is 16.0. The Bertz CT molecular complexity index is 952. The fourth-order valence-electron chi connectivity index (χ4n) is 4.11. The molecule has 2 heterocycles. The van der Waals surface area contributed by atoms with E-state index in [1.807, 2.05) is 23.1 Å². The third-order valence-electron chi connectivity index (χ3n) is 5.81. The second-order valence-corrected chi connectivity index (χ2v) is 7.41. The number of ether oxygens (including phenoxy) is 1. The second kappa shape index (κ2) is 7.47. The number of amides is 1. The van der Waals surface area contributed by atoms with Gasteiger partial charge in [0.25, 0.3) is 0 Å². The van der Waals surface area contributed by atoms with E-state index in [1.54, 1.807) is 7.11 Å². The molecule has 0 radical (unpaired) electrons. The van der Waals surface area contributed by atoms with E-state index >= 15 is 0 Å². The number of rotatable bonds is 4. The van der Waals surface area contributed by atoms with Crippen LogP contribution in [0.2, 0.25) is 0 Å². The molecule has 27 heavy (non-hydrogen) atoms. The first-order valence-corrected chi connectivity index (χ1v) is 9.63. The van der Waals surface area contributed by atoms with Crippen molar-refractivity contribution in [1.29, 1.82) is 0 Å². The van der Waals surface area contributed by atoms with Gasteiger partial charge in [-0.2, -0.15) is 0 Å². The third kappa shape index (κ3) is 3.57. The van der Waals surface area contributed by atoms with E-state index in [0.717, 1.165) is 42.8 Å². The molecule has 0 spiro atoms. The Kier molecular flexibility index (Phi) is 4.88. The molecule has 1 amide bonds. The molecular weight excluding hydrogens is 336 g/mol. The van der Waals surface area contributed by atoms with Crippen molar-refractivity contribution in [2.75, 3.05) is 20.2 Å². The molecule has 1 N–H and O–H groups in total. The zero-order chi connectivity index (χ0) is 18.8. The van der Waals surface area contributed by atoms with Crippen LogP contribution < -0.4 is 4.74 Å². The molecule has 140 valence electrons. The number of likely N-dealkylation sites (tertiary alicyclic amines) is 1. The van der Waals surface area contributed by atoms with Gasteiger partial charge >= 0.3 is 0 Å². The van der Waals surface area contributed by atoms with E-state index in [-0.39, 0.29) is 5.91 Å². The number of carbonyl (C=O) groups is 1. The molecule has 2 aromatic carbocycles. The fourth-order valence-corrected chi connectivity index (χ4v) is 4.11. The van der Waals surface area contributed by atoms with Gasteiger partial charge in [0.2, 0.25) is 5.91 Å². The highest BCUT2D eigenvalue weighted by molar-refractivity contribution is 5.85. The molecule has 1 fully saturated rings. The van der Waals surface area contributed by atoms with Gasteiger partial charge in [-0.3, -0.25) is 4.79 Å². The molecule has 0 atom stereocenters. The van der Waals surface area contributed by atoms with E-state index < -0.39 is 0 Å². The highest BCUT2D eigenvalue weighted by Gasteiger charge is 2.25. The number of hydrogen-bond acceptors (Lipinski definition) is 2. The topological polar surface area (TPSA) is 45.3 Å². The summed E-state index contributed by atoms with van der Waals surface area (Å²) in [7, 11) is 1.70. The summed E-state index contributed by atoms with van der Waals surface area (Å²) in [4.78, 5) is 18.1. The standard InChI is InChI=1S/C23H26N2O2/c1-16-5-3-4-6-18(16)13-23(26)25-11-9-17(10-12-25)21-15-24-22-8-7-19(27-2)14-20(21)22/h3-8,14-15,17,24H,9-13H2,1-2H3. The summed E-state index contributed by atoms with van der Waals surface area (Å²) in [5.41, 5.74) is 4.81. The molecule has 4 heteroatoms. The smallest absolute Gasteiger partial charge is 0.226 e. The van der Waals surface area contributed by atoms with Gasteiger partial charge < -0.3 is 14.6 Å². The molecule has 3 aromatic rings.